The van der Waals surface area contributed by atoms with Crippen LogP contribution in [0.3, 0.4) is 0 Å². The third kappa shape index (κ3) is 4.02. The Labute approximate surface area is 129 Å². The molecule has 0 aliphatic heterocycles. The molecule has 1 aromatic heterocycles. The number of pyridine rings is 1. The van der Waals surface area contributed by atoms with Crippen LogP contribution in [0.5, 0.6) is 0 Å². The number of anilines is 1. The van der Waals surface area contributed by atoms with Gasteiger partial charge in [-0.2, -0.15) is 0 Å². The van der Waals surface area contributed by atoms with Crippen LogP contribution in [0.4, 0.5) is 11.5 Å². The van der Waals surface area contributed by atoms with Crippen molar-refractivity contribution in [1.29, 1.82) is 0 Å². The van der Waals surface area contributed by atoms with Crippen molar-refractivity contribution in [3.05, 3.63) is 63.8 Å². The molecule has 6 heteroatoms. The maximum absolute atomic E-state index is 10.8. The number of hydrogen-bond acceptors (Lipinski definition) is 5. The van der Waals surface area contributed by atoms with Crippen molar-refractivity contribution in [2.24, 2.45) is 0 Å². The van der Waals surface area contributed by atoms with Gasteiger partial charge in [-0.1, -0.05) is 30.3 Å². The molecule has 1 aromatic carbocycles. The molecule has 1 unspecified atom stereocenters. The lowest BCUT2D eigenvalue weighted by Crippen LogP contribution is -2.15. The number of rotatable bonds is 7. The molecular formula is C16H19N3O3. The summed E-state index contributed by atoms with van der Waals surface area (Å²) in [6.07, 6.45) is 1.91. The molecule has 2 rings (SSSR count). The summed E-state index contributed by atoms with van der Waals surface area (Å²) in [5.74, 6) is 0.755. The molecule has 1 heterocycles. The molecule has 0 saturated carbocycles. The molecule has 0 bridgehead atoms. The van der Waals surface area contributed by atoms with Gasteiger partial charge in [0, 0.05) is 24.6 Å². The molecule has 2 N–H and O–H groups in total. The van der Waals surface area contributed by atoms with Crippen molar-refractivity contribution in [1.82, 2.24) is 4.98 Å². The van der Waals surface area contributed by atoms with E-state index in [0.29, 0.717) is 24.3 Å². The number of aliphatic hydroxyl groups excluding tert-OH is 1. The van der Waals surface area contributed by atoms with Gasteiger partial charge in [-0.15, -0.1) is 0 Å². The fourth-order valence-electron chi connectivity index (χ4n) is 2.33. The minimum Gasteiger partial charge on any atom is -0.396 e. The largest absolute Gasteiger partial charge is 0.396 e. The van der Waals surface area contributed by atoms with E-state index < -0.39 is 4.92 Å². The molecule has 116 valence electrons. The summed E-state index contributed by atoms with van der Waals surface area (Å²) >= 11 is 0. The highest BCUT2D eigenvalue weighted by Crippen LogP contribution is 2.22. The number of aryl methyl sites for hydroxylation is 1. The first-order chi connectivity index (χ1) is 10.6. The summed E-state index contributed by atoms with van der Waals surface area (Å²) in [4.78, 5) is 14.4. The van der Waals surface area contributed by atoms with Gasteiger partial charge < -0.3 is 10.4 Å². The van der Waals surface area contributed by atoms with Crippen LogP contribution in [0, 0.1) is 17.0 Å². The number of aliphatic hydroxyl groups is 1. The summed E-state index contributed by atoms with van der Waals surface area (Å²) in [7, 11) is 0. The lowest BCUT2D eigenvalue weighted by molar-refractivity contribution is -0.385. The Bertz CT molecular complexity index is 632. The standard InChI is InChI=1S/C16H19N3O3/c1-12-9-16(18-11-15(12)19(21)22)17-10-14(7-8-20)13-5-3-2-4-6-13/h2-6,9,11,14,20H,7-8,10H2,1H3,(H,17,18). The minimum absolute atomic E-state index is 0.0144. The Morgan fingerprint density at radius 2 is 2.09 bits per heavy atom. The van der Waals surface area contributed by atoms with E-state index in [4.69, 9.17) is 0 Å². The maximum atomic E-state index is 10.8. The molecule has 6 nitrogen and oxygen atoms in total. The topological polar surface area (TPSA) is 88.3 Å². The summed E-state index contributed by atoms with van der Waals surface area (Å²) in [6, 6.07) is 11.6. The molecule has 22 heavy (non-hydrogen) atoms. The highest BCUT2D eigenvalue weighted by Gasteiger charge is 2.14. The predicted octanol–water partition coefficient (Wildman–Crippen LogP) is 2.88. The molecule has 0 aliphatic carbocycles. The van der Waals surface area contributed by atoms with Crippen LogP contribution in [0.2, 0.25) is 0 Å². The number of nitrogens with zero attached hydrogens (tertiary/aromatic N) is 2. The first kappa shape index (κ1) is 15.9. The van der Waals surface area contributed by atoms with Crippen LogP contribution in [-0.4, -0.2) is 28.2 Å². The van der Waals surface area contributed by atoms with Gasteiger partial charge in [-0.3, -0.25) is 10.1 Å². The van der Waals surface area contributed by atoms with Gasteiger partial charge in [-0.05, 0) is 25.0 Å². The van der Waals surface area contributed by atoms with Gasteiger partial charge >= 0.3 is 0 Å². The van der Waals surface area contributed by atoms with Crippen LogP contribution in [0.25, 0.3) is 0 Å². The Kier molecular flexibility index (Phi) is 5.43. The fraction of sp³-hybridized carbons (Fsp3) is 0.312. The van der Waals surface area contributed by atoms with Gasteiger partial charge in [0.25, 0.3) is 5.69 Å². The van der Waals surface area contributed by atoms with Crippen molar-refractivity contribution in [3.63, 3.8) is 0 Å². The number of benzene rings is 1. The van der Waals surface area contributed by atoms with Crippen LogP contribution in [-0.2, 0) is 0 Å². The van der Waals surface area contributed by atoms with E-state index >= 15 is 0 Å². The van der Waals surface area contributed by atoms with E-state index in [9.17, 15) is 15.2 Å². The van der Waals surface area contributed by atoms with Crippen molar-refractivity contribution < 1.29 is 10.0 Å². The Balaban J connectivity index is 2.06. The second kappa shape index (κ2) is 7.51. The SMILES string of the molecule is Cc1cc(NCC(CCO)c2ccccc2)ncc1[N+](=O)[O-]. The molecule has 1 atom stereocenters. The van der Waals surface area contributed by atoms with Crippen molar-refractivity contribution in [2.75, 3.05) is 18.5 Å². The number of aromatic nitrogens is 1. The monoisotopic (exact) mass is 301 g/mol. The highest BCUT2D eigenvalue weighted by molar-refractivity contribution is 5.47. The van der Waals surface area contributed by atoms with E-state index in [1.807, 2.05) is 30.3 Å². The van der Waals surface area contributed by atoms with Crippen LogP contribution in [0.1, 0.15) is 23.5 Å². The Morgan fingerprint density at radius 3 is 2.68 bits per heavy atom. The summed E-state index contributed by atoms with van der Waals surface area (Å²) in [5.41, 5.74) is 1.73. The van der Waals surface area contributed by atoms with Gasteiger partial charge in [0.15, 0.2) is 0 Å². The molecule has 0 amide bonds. The lowest BCUT2D eigenvalue weighted by atomic mass is 9.96. The predicted molar refractivity (Wildman–Crippen MR) is 85.0 cm³/mol. The zero-order valence-corrected chi connectivity index (χ0v) is 12.4. The third-order valence-corrected chi connectivity index (χ3v) is 3.56. The Hall–Kier alpha value is -2.47. The van der Waals surface area contributed by atoms with Crippen LogP contribution >= 0.6 is 0 Å². The van der Waals surface area contributed by atoms with Gasteiger partial charge in [-0.25, -0.2) is 4.98 Å². The van der Waals surface area contributed by atoms with E-state index in [1.165, 1.54) is 6.20 Å². The average Bonchev–Trinajstić information content (AvgIpc) is 2.52. The fourth-order valence-corrected chi connectivity index (χ4v) is 2.33. The first-order valence-electron chi connectivity index (χ1n) is 7.12. The number of nitrogens with one attached hydrogen (secondary N) is 1. The van der Waals surface area contributed by atoms with Gasteiger partial charge in [0.1, 0.15) is 12.0 Å². The normalized spacial score (nSPS) is 11.9. The van der Waals surface area contributed by atoms with E-state index in [-0.39, 0.29) is 18.2 Å². The second-order valence-corrected chi connectivity index (χ2v) is 5.11. The summed E-state index contributed by atoms with van der Waals surface area (Å²) in [5, 5.41) is 23.2. The molecule has 0 aliphatic rings. The smallest absolute Gasteiger partial charge is 0.290 e. The van der Waals surface area contributed by atoms with E-state index in [0.717, 1.165) is 5.56 Å². The number of hydrogen-bond donors (Lipinski definition) is 2. The van der Waals surface area contributed by atoms with Crippen molar-refractivity contribution in [2.45, 2.75) is 19.3 Å². The highest BCUT2D eigenvalue weighted by atomic mass is 16.6. The molecule has 0 fully saturated rings. The zero-order valence-electron chi connectivity index (χ0n) is 12.4. The van der Waals surface area contributed by atoms with Crippen LogP contribution < -0.4 is 5.32 Å². The maximum Gasteiger partial charge on any atom is 0.290 e. The second-order valence-electron chi connectivity index (χ2n) is 5.11. The third-order valence-electron chi connectivity index (χ3n) is 3.56. The summed E-state index contributed by atoms with van der Waals surface area (Å²) in [6.45, 7) is 2.40. The molecule has 0 saturated heterocycles. The lowest BCUT2D eigenvalue weighted by Gasteiger charge is -2.17. The Morgan fingerprint density at radius 1 is 1.36 bits per heavy atom. The molecule has 2 aromatic rings. The molecule has 0 spiro atoms. The minimum atomic E-state index is -0.440. The molecular weight excluding hydrogens is 282 g/mol. The average molecular weight is 301 g/mol. The first-order valence-corrected chi connectivity index (χ1v) is 7.12. The number of nitro groups is 1. The van der Waals surface area contributed by atoms with Crippen molar-refractivity contribution in [3.8, 4) is 0 Å². The molecule has 0 radical (unpaired) electrons. The quantitative estimate of drug-likeness (QED) is 0.606. The zero-order chi connectivity index (χ0) is 15.9. The van der Waals surface area contributed by atoms with E-state index in [1.54, 1.807) is 13.0 Å². The van der Waals surface area contributed by atoms with E-state index in [2.05, 4.69) is 10.3 Å². The van der Waals surface area contributed by atoms with Crippen LogP contribution in [0.15, 0.2) is 42.6 Å². The van der Waals surface area contributed by atoms with Gasteiger partial charge in [0.05, 0.1) is 4.92 Å². The summed E-state index contributed by atoms with van der Waals surface area (Å²) < 4.78 is 0. The van der Waals surface area contributed by atoms with Gasteiger partial charge in [0.2, 0.25) is 0 Å². The van der Waals surface area contributed by atoms with Crippen molar-refractivity contribution >= 4 is 11.5 Å².